The van der Waals surface area contributed by atoms with Gasteiger partial charge in [0.15, 0.2) is 0 Å². The van der Waals surface area contributed by atoms with Gasteiger partial charge in [-0.3, -0.25) is 9.59 Å². The Morgan fingerprint density at radius 2 is 1.45 bits per heavy atom. The van der Waals surface area contributed by atoms with Crippen LogP contribution in [0.4, 0.5) is 25.0 Å². The second kappa shape index (κ2) is 12.3. The maximum Gasteiger partial charge on any atom is 0.329 e. The molecule has 1 aliphatic rings. The van der Waals surface area contributed by atoms with E-state index in [0.29, 0.717) is 24.1 Å². The molecule has 0 aromatic heterocycles. The van der Waals surface area contributed by atoms with Crippen LogP contribution in [-0.4, -0.2) is 29.0 Å². The zero-order valence-corrected chi connectivity index (χ0v) is 23.1. The lowest BCUT2D eigenvalue weighted by atomic mass is 9.94. The average Bonchev–Trinajstić information content (AvgIpc) is 2.89. The first kappa shape index (κ1) is 28.7. The molecule has 0 atom stereocenters. The number of hydroxylamine groups is 2. The lowest BCUT2D eigenvalue weighted by molar-refractivity contribution is -0.185. The highest BCUT2D eigenvalue weighted by molar-refractivity contribution is 6.07. The van der Waals surface area contributed by atoms with Crippen LogP contribution in [0.1, 0.15) is 66.1 Å². The Labute approximate surface area is 232 Å². The van der Waals surface area contributed by atoms with Crippen molar-refractivity contribution < 1.29 is 28.0 Å². The van der Waals surface area contributed by atoms with Crippen LogP contribution >= 0.6 is 0 Å². The van der Waals surface area contributed by atoms with Crippen LogP contribution in [-0.2, 0) is 9.63 Å². The number of hydrogen-bond donors (Lipinski definition) is 2. The molecule has 210 valence electrons. The summed E-state index contributed by atoms with van der Waals surface area (Å²) in [5, 5.41) is 6.67. The number of aryl methyl sites for hydroxylation is 3. The maximum absolute atomic E-state index is 14.0. The van der Waals surface area contributed by atoms with E-state index in [9.17, 15) is 23.2 Å². The van der Waals surface area contributed by atoms with Crippen molar-refractivity contribution in [3.05, 3.63) is 82.4 Å². The smallest absolute Gasteiger partial charge is 0.329 e. The Morgan fingerprint density at radius 3 is 2.05 bits per heavy atom. The maximum atomic E-state index is 14.0. The molecule has 1 saturated carbocycles. The molecular weight excluding hydrogens is 516 g/mol. The summed E-state index contributed by atoms with van der Waals surface area (Å²) in [5.74, 6) is -2.75. The van der Waals surface area contributed by atoms with Crippen LogP contribution in [0.2, 0.25) is 0 Å². The van der Waals surface area contributed by atoms with E-state index < -0.39 is 29.5 Å². The third-order valence-corrected chi connectivity index (χ3v) is 6.94. The van der Waals surface area contributed by atoms with Crippen molar-refractivity contribution >= 4 is 29.3 Å². The molecule has 40 heavy (non-hydrogen) atoms. The minimum absolute atomic E-state index is 0.0694. The fourth-order valence-corrected chi connectivity index (χ4v) is 5.23. The van der Waals surface area contributed by atoms with Crippen molar-refractivity contribution in [2.45, 2.75) is 65.8 Å². The van der Waals surface area contributed by atoms with Crippen molar-refractivity contribution in [3.8, 4) is 11.1 Å². The topological polar surface area (TPSA) is 87.7 Å². The van der Waals surface area contributed by atoms with Gasteiger partial charge in [-0.1, -0.05) is 43.0 Å². The van der Waals surface area contributed by atoms with Gasteiger partial charge >= 0.3 is 12.0 Å². The molecule has 0 radical (unpaired) electrons. The van der Waals surface area contributed by atoms with Gasteiger partial charge in [-0.2, -0.15) is 5.06 Å². The molecule has 3 amide bonds. The summed E-state index contributed by atoms with van der Waals surface area (Å²) in [5.41, 5.74) is 4.19. The number of rotatable bonds is 5. The minimum atomic E-state index is -0.758. The van der Waals surface area contributed by atoms with E-state index in [1.54, 1.807) is 0 Å². The molecule has 9 heteroatoms. The van der Waals surface area contributed by atoms with Gasteiger partial charge in [0.1, 0.15) is 11.6 Å². The number of carbonyl (C=O) groups is 3. The van der Waals surface area contributed by atoms with Gasteiger partial charge in [-0.25, -0.2) is 13.6 Å². The fraction of sp³-hybridized carbons (Fsp3) is 0.323. The first-order valence-corrected chi connectivity index (χ1v) is 13.3. The molecule has 7 nitrogen and oxygen atoms in total. The molecule has 0 spiro atoms. The van der Waals surface area contributed by atoms with Crippen molar-refractivity contribution in [2.24, 2.45) is 0 Å². The molecule has 3 aromatic rings. The Morgan fingerprint density at radius 1 is 0.825 bits per heavy atom. The average molecular weight is 550 g/mol. The van der Waals surface area contributed by atoms with E-state index in [-0.39, 0.29) is 22.9 Å². The Kier molecular flexibility index (Phi) is 8.82. The SMILES string of the molecule is CC(=O)ON(C(=O)c1ccc(-c2cc(F)cc(F)c2)cc1NC(=O)Nc1c(C)cc(C)cc1C)C1CCCCC1. The summed E-state index contributed by atoms with van der Waals surface area (Å²) in [6, 6.07) is 10.5. The highest BCUT2D eigenvalue weighted by Gasteiger charge is 2.31. The van der Waals surface area contributed by atoms with Gasteiger partial charge < -0.3 is 15.5 Å². The van der Waals surface area contributed by atoms with E-state index in [4.69, 9.17) is 4.84 Å². The summed E-state index contributed by atoms with van der Waals surface area (Å²) >= 11 is 0. The van der Waals surface area contributed by atoms with E-state index in [1.165, 1.54) is 25.1 Å². The van der Waals surface area contributed by atoms with Crippen molar-refractivity contribution in [2.75, 3.05) is 10.6 Å². The van der Waals surface area contributed by atoms with Crippen LogP contribution in [0.3, 0.4) is 0 Å². The number of carbonyl (C=O) groups excluding carboxylic acids is 3. The van der Waals surface area contributed by atoms with Crippen LogP contribution in [0, 0.1) is 32.4 Å². The fourth-order valence-electron chi connectivity index (χ4n) is 5.23. The quantitative estimate of drug-likeness (QED) is 0.324. The van der Waals surface area contributed by atoms with E-state index in [1.807, 2.05) is 32.9 Å². The predicted octanol–water partition coefficient (Wildman–Crippen LogP) is 7.45. The second-order valence-corrected chi connectivity index (χ2v) is 10.3. The second-order valence-electron chi connectivity index (χ2n) is 10.3. The molecular formula is C31H33F2N3O4. The van der Waals surface area contributed by atoms with Gasteiger partial charge in [0.25, 0.3) is 5.91 Å². The molecule has 0 heterocycles. The largest absolute Gasteiger partial charge is 0.338 e. The number of nitrogens with one attached hydrogen (secondary N) is 2. The molecule has 1 fully saturated rings. The third kappa shape index (κ3) is 6.83. The normalized spacial score (nSPS) is 13.4. The Bertz CT molecular complexity index is 1410. The highest BCUT2D eigenvalue weighted by atomic mass is 19.1. The lowest BCUT2D eigenvalue weighted by Crippen LogP contribution is -2.42. The standard InChI is InChI=1S/C31H33F2N3O4/c1-18-12-19(2)29(20(3)13-18)35-31(39)34-28-16-22(23-14-24(32)17-25(33)15-23)10-11-27(28)30(38)36(40-21(4)37)26-8-6-5-7-9-26/h10-17,26H,5-9H2,1-4H3,(H2,34,35,39). The Balaban J connectivity index is 1.73. The highest BCUT2D eigenvalue weighted by Crippen LogP contribution is 2.31. The van der Waals surface area contributed by atoms with E-state index in [2.05, 4.69) is 10.6 Å². The number of urea groups is 1. The van der Waals surface area contributed by atoms with Gasteiger partial charge in [-0.05, 0) is 80.1 Å². The van der Waals surface area contributed by atoms with E-state index in [0.717, 1.165) is 59.2 Å². The molecule has 1 aliphatic carbocycles. The predicted molar refractivity (Wildman–Crippen MR) is 150 cm³/mol. The summed E-state index contributed by atoms with van der Waals surface area (Å²) in [4.78, 5) is 44.3. The summed E-state index contributed by atoms with van der Waals surface area (Å²) in [6.07, 6.45) is 4.16. The molecule has 0 saturated heterocycles. The first-order chi connectivity index (χ1) is 19.0. The number of amides is 3. The molecule has 0 unspecified atom stereocenters. The van der Waals surface area contributed by atoms with Gasteiger partial charge in [0.05, 0.1) is 17.3 Å². The van der Waals surface area contributed by atoms with Gasteiger partial charge in [0, 0.05) is 18.7 Å². The number of halogens is 2. The third-order valence-electron chi connectivity index (χ3n) is 6.94. The number of benzene rings is 3. The van der Waals surface area contributed by atoms with Crippen LogP contribution in [0.25, 0.3) is 11.1 Å². The summed E-state index contributed by atoms with van der Waals surface area (Å²) in [6.45, 7) is 6.95. The molecule has 0 aliphatic heterocycles. The van der Waals surface area contributed by atoms with Crippen molar-refractivity contribution in [1.29, 1.82) is 0 Å². The van der Waals surface area contributed by atoms with E-state index >= 15 is 0 Å². The van der Waals surface area contributed by atoms with Crippen molar-refractivity contribution in [3.63, 3.8) is 0 Å². The summed E-state index contributed by atoms with van der Waals surface area (Å²) < 4.78 is 28.0. The molecule has 4 rings (SSSR count). The number of anilines is 2. The molecule has 0 bridgehead atoms. The zero-order valence-electron chi connectivity index (χ0n) is 23.1. The first-order valence-electron chi connectivity index (χ1n) is 13.3. The van der Waals surface area contributed by atoms with Crippen LogP contribution < -0.4 is 10.6 Å². The van der Waals surface area contributed by atoms with Crippen molar-refractivity contribution in [1.82, 2.24) is 5.06 Å². The van der Waals surface area contributed by atoms with Gasteiger partial charge in [0.2, 0.25) is 0 Å². The lowest BCUT2D eigenvalue weighted by Gasteiger charge is -2.32. The number of hydrogen-bond acceptors (Lipinski definition) is 4. The van der Waals surface area contributed by atoms with Crippen LogP contribution in [0.5, 0.6) is 0 Å². The molecule has 3 aromatic carbocycles. The molecule has 2 N–H and O–H groups in total. The summed E-state index contributed by atoms with van der Waals surface area (Å²) in [7, 11) is 0. The number of nitrogens with zero attached hydrogens (tertiary/aromatic N) is 1. The Hall–Kier alpha value is -4.27. The monoisotopic (exact) mass is 549 g/mol. The zero-order chi connectivity index (χ0) is 29.0. The minimum Gasteiger partial charge on any atom is -0.338 e. The van der Waals surface area contributed by atoms with Crippen LogP contribution in [0.15, 0.2) is 48.5 Å². The van der Waals surface area contributed by atoms with Gasteiger partial charge in [-0.15, -0.1) is 0 Å².